The van der Waals surface area contributed by atoms with E-state index in [1.54, 1.807) is 30.0 Å². The number of halogens is 1. The lowest BCUT2D eigenvalue weighted by molar-refractivity contribution is -0.122. The van der Waals surface area contributed by atoms with Crippen LogP contribution in [0.1, 0.15) is 41.6 Å². The van der Waals surface area contributed by atoms with Crippen LogP contribution in [-0.4, -0.2) is 43.4 Å². The van der Waals surface area contributed by atoms with E-state index < -0.39 is 0 Å². The quantitative estimate of drug-likeness (QED) is 0.606. The minimum absolute atomic E-state index is 0.00871. The molecule has 4 rings (SSSR count). The molecule has 7 nitrogen and oxygen atoms in total. The van der Waals surface area contributed by atoms with Crippen LogP contribution in [0.15, 0.2) is 36.4 Å². The summed E-state index contributed by atoms with van der Waals surface area (Å²) in [6.07, 6.45) is 2.90. The fraction of sp³-hybridized carbons (Fsp3) is 0.375. The van der Waals surface area contributed by atoms with Crippen LogP contribution in [0, 0.1) is 12.7 Å². The topological polar surface area (TPSA) is 84.9 Å². The molecule has 2 amide bonds. The Morgan fingerprint density at radius 2 is 2.03 bits per heavy atom. The van der Waals surface area contributed by atoms with Crippen molar-refractivity contribution >= 4 is 23.3 Å². The molecule has 0 atom stereocenters. The summed E-state index contributed by atoms with van der Waals surface area (Å²) in [4.78, 5) is 38.6. The summed E-state index contributed by atoms with van der Waals surface area (Å²) >= 11 is 0. The first-order chi connectivity index (χ1) is 15.4. The van der Waals surface area contributed by atoms with E-state index >= 15 is 0 Å². The number of carbonyl (C=O) groups excluding carboxylic acids is 3. The molecule has 1 fully saturated rings. The number of aryl methyl sites for hydroxylation is 1. The highest BCUT2D eigenvalue weighted by Gasteiger charge is 2.27. The zero-order chi connectivity index (χ0) is 22.7. The highest BCUT2D eigenvalue weighted by molar-refractivity contribution is 6.02. The Kier molecular flexibility index (Phi) is 6.39. The highest BCUT2D eigenvalue weighted by atomic mass is 19.1. The normalized spacial score (nSPS) is 15.1. The molecule has 168 valence electrons. The maximum atomic E-state index is 13.2. The summed E-state index contributed by atoms with van der Waals surface area (Å²) in [6, 6.07) is 9.30. The van der Waals surface area contributed by atoms with E-state index in [-0.39, 0.29) is 36.6 Å². The summed E-state index contributed by atoms with van der Waals surface area (Å²) in [5.41, 5.74) is 1.48. The monoisotopic (exact) mass is 440 g/mol. The third-order valence-corrected chi connectivity index (χ3v) is 5.45. The number of anilines is 1. The van der Waals surface area contributed by atoms with E-state index in [0.29, 0.717) is 53.7 Å². The molecule has 0 spiro atoms. The Morgan fingerprint density at radius 1 is 1.22 bits per heavy atom. The molecule has 0 radical (unpaired) electrons. The average Bonchev–Trinajstić information content (AvgIpc) is 3.58. The van der Waals surface area contributed by atoms with Gasteiger partial charge >= 0.3 is 0 Å². The molecule has 2 aromatic carbocycles. The Balaban J connectivity index is 1.40. The summed E-state index contributed by atoms with van der Waals surface area (Å²) in [7, 11) is 0. The lowest BCUT2D eigenvalue weighted by Crippen LogP contribution is -2.40. The van der Waals surface area contributed by atoms with Gasteiger partial charge in [0, 0.05) is 24.6 Å². The first kappa shape index (κ1) is 21.8. The van der Waals surface area contributed by atoms with E-state index in [2.05, 4.69) is 5.32 Å². The molecule has 0 aromatic heterocycles. The van der Waals surface area contributed by atoms with Gasteiger partial charge in [0.1, 0.15) is 17.3 Å². The first-order valence-electron chi connectivity index (χ1n) is 10.7. The van der Waals surface area contributed by atoms with Crippen LogP contribution in [0.5, 0.6) is 11.5 Å². The predicted octanol–water partition coefficient (Wildman–Crippen LogP) is 3.18. The maximum absolute atomic E-state index is 13.2. The minimum Gasteiger partial charge on any atom is -0.485 e. The number of nitrogens with one attached hydrogen (secondary N) is 1. The first-order valence-corrected chi connectivity index (χ1v) is 10.7. The molecule has 1 aliphatic heterocycles. The van der Waals surface area contributed by atoms with Crippen molar-refractivity contribution in [1.82, 2.24) is 5.32 Å². The lowest BCUT2D eigenvalue weighted by atomic mass is 10.1. The number of ketones is 1. The number of nitrogens with zero attached hydrogens (tertiary/aromatic N) is 1. The molecule has 2 aliphatic rings. The Morgan fingerprint density at radius 3 is 2.78 bits per heavy atom. The fourth-order valence-electron chi connectivity index (χ4n) is 3.55. The Hall–Kier alpha value is -3.42. The number of ether oxygens (including phenoxy) is 2. The molecule has 8 heteroatoms. The third kappa shape index (κ3) is 5.25. The molecule has 32 heavy (non-hydrogen) atoms. The van der Waals surface area contributed by atoms with Crippen LogP contribution in [0.25, 0.3) is 0 Å². The van der Waals surface area contributed by atoms with Gasteiger partial charge in [-0.2, -0.15) is 0 Å². The van der Waals surface area contributed by atoms with Crippen molar-refractivity contribution in [3.05, 3.63) is 53.3 Å². The Labute approximate surface area is 185 Å². The average molecular weight is 440 g/mol. The van der Waals surface area contributed by atoms with Crippen molar-refractivity contribution < 1.29 is 28.2 Å². The third-order valence-electron chi connectivity index (χ3n) is 5.45. The van der Waals surface area contributed by atoms with Gasteiger partial charge in [-0.3, -0.25) is 14.4 Å². The van der Waals surface area contributed by atoms with Crippen LogP contribution in [-0.2, 0) is 9.59 Å². The van der Waals surface area contributed by atoms with Gasteiger partial charge in [-0.25, -0.2) is 4.39 Å². The molecule has 0 saturated heterocycles. The second kappa shape index (κ2) is 9.38. The van der Waals surface area contributed by atoms with Gasteiger partial charge in [0.25, 0.3) is 5.91 Å². The van der Waals surface area contributed by atoms with Gasteiger partial charge in [0.05, 0.1) is 5.69 Å². The molecule has 0 bridgehead atoms. The van der Waals surface area contributed by atoms with Crippen molar-refractivity contribution in [3.8, 4) is 11.5 Å². The van der Waals surface area contributed by atoms with E-state index in [9.17, 15) is 18.8 Å². The summed E-state index contributed by atoms with van der Waals surface area (Å²) < 4.78 is 24.3. The summed E-state index contributed by atoms with van der Waals surface area (Å²) in [6.45, 7) is 1.76. The summed E-state index contributed by atoms with van der Waals surface area (Å²) in [5, 5.41) is 2.93. The van der Waals surface area contributed by atoms with E-state index in [1.165, 1.54) is 18.2 Å². The van der Waals surface area contributed by atoms with Crippen molar-refractivity contribution in [2.75, 3.05) is 24.7 Å². The Bertz CT molecular complexity index is 1050. The number of amides is 2. The maximum Gasteiger partial charge on any atom is 0.265 e. The zero-order valence-corrected chi connectivity index (χ0v) is 17.9. The number of hydrogen-bond acceptors (Lipinski definition) is 5. The number of rotatable bonds is 9. The second-order valence-corrected chi connectivity index (χ2v) is 8.08. The van der Waals surface area contributed by atoms with E-state index in [0.717, 1.165) is 12.8 Å². The molecule has 1 N–H and O–H groups in total. The van der Waals surface area contributed by atoms with Gasteiger partial charge in [-0.05, 0) is 68.1 Å². The molecule has 1 saturated carbocycles. The van der Waals surface area contributed by atoms with Gasteiger partial charge in [-0.15, -0.1) is 0 Å². The summed E-state index contributed by atoms with van der Waals surface area (Å²) in [5.74, 6) is 0.0682. The van der Waals surface area contributed by atoms with Crippen molar-refractivity contribution in [3.63, 3.8) is 0 Å². The van der Waals surface area contributed by atoms with E-state index in [1.807, 2.05) is 0 Å². The van der Waals surface area contributed by atoms with Crippen LogP contribution in [0.2, 0.25) is 0 Å². The molecule has 2 aromatic rings. The SMILES string of the molecule is Cc1cc(F)ccc1OCC(=O)c1ccc2c(c1)N(CCCC(=O)NC1CC1)C(=O)CO2. The van der Waals surface area contributed by atoms with E-state index in [4.69, 9.17) is 9.47 Å². The zero-order valence-electron chi connectivity index (χ0n) is 17.9. The van der Waals surface area contributed by atoms with Gasteiger partial charge < -0.3 is 19.7 Å². The molecule has 0 unspecified atom stereocenters. The predicted molar refractivity (Wildman–Crippen MR) is 116 cm³/mol. The van der Waals surface area contributed by atoms with Gasteiger partial charge in [0.2, 0.25) is 5.91 Å². The number of carbonyl (C=O) groups is 3. The van der Waals surface area contributed by atoms with Gasteiger partial charge in [-0.1, -0.05) is 0 Å². The van der Waals surface area contributed by atoms with Crippen LogP contribution >= 0.6 is 0 Å². The molecular formula is C24H25FN2O5. The van der Waals surface area contributed by atoms with Crippen LogP contribution in [0.3, 0.4) is 0 Å². The number of Topliss-reactive ketones (excluding diaryl/α,β-unsaturated/α-hetero) is 1. The van der Waals surface area contributed by atoms with Crippen LogP contribution < -0.4 is 19.7 Å². The van der Waals surface area contributed by atoms with Crippen molar-refractivity contribution in [2.45, 2.75) is 38.6 Å². The highest BCUT2D eigenvalue weighted by Crippen LogP contribution is 2.33. The molecular weight excluding hydrogens is 415 g/mol. The van der Waals surface area contributed by atoms with Crippen molar-refractivity contribution in [1.29, 1.82) is 0 Å². The second-order valence-electron chi connectivity index (χ2n) is 8.08. The van der Waals surface area contributed by atoms with Gasteiger partial charge in [0.15, 0.2) is 19.0 Å². The largest absolute Gasteiger partial charge is 0.485 e. The number of benzene rings is 2. The number of fused-ring (bicyclic) bond motifs is 1. The smallest absolute Gasteiger partial charge is 0.265 e. The van der Waals surface area contributed by atoms with Crippen molar-refractivity contribution in [2.24, 2.45) is 0 Å². The standard InChI is InChI=1S/C24H25FN2O5/c1-15-11-17(25)5-9-21(15)31-13-20(28)16-4-8-22-19(12-16)27(24(30)14-32-22)10-2-3-23(29)26-18-6-7-18/h4-5,8-9,11-12,18H,2-3,6-7,10,13-14H2,1H3,(H,26,29). The molecule has 1 aliphatic carbocycles. The lowest BCUT2D eigenvalue weighted by Gasteiger charge is -2.29. The fourth-order valence-corrected chi connectivity index (χ4v) is 3.55. The molecule has 1 heterocycles. The number of hydrogen-bond donors (Lipinski definition) is 1. The minimum atomic E-state index is -0.370. The van der Waals surface area contributed by atoms with Crippen LogP contribution in [0.4, 0.5) is 10.1 Å².